The first-order chi connectivity index (χ1) is 7.09. The molecule has 1 amide bonds. The Bertz CT molecular complexity index is 178. The van der Waals surface area contributed by atoms with Crippen LogP contribution in [0.5, 0.6) is 0 Å². The van der Waals surface area contributed by atoms with Gasteiger partial charge in [0.1, 0.15) is 0 Å². The highest BCUT2D eigenvalue weighted by atomic mass is 16.5. The van der Waals surface area contributed by atoms with Gasteiger partial charge < -0.3 is 10.1 Å². The van der Waals surface area contributed by atoms with E-state index in [9.17, 15) is 4.79 Å². The normalized spacial score (nSPS) is 18.5. The average molecular weight is 215 g/mol. The van der Waals surface area contributed by atoms with Crippen LogP contribution in [0.4, 0.5) is 0 Å². The zero-order valence-corrected chi connectivity index (χ0v) is 10.7. The van der Waals surface area contributed by atoms with Crippen LogP contribution in [0.2, 0.25) is 0 Å². The van der Waals surface area contributed by atoms with Gasteiger partial charge in [-0.25, -0.2) is 0 Å². The van der Waals surface area contributed by atoms with Crippen molar-refractivity contribution in [2.75, 3.05) is 6.61 Å². The third-order valence-electron chi connectivity index (χ3n) is 2.43. The van der Waals surface area contributed by atoms with Crippen LogP contribution < -0.4 is 5.32 Å². The number of carbonyl (C=O) groups is 1. The minimum absolute atomic E-state index is 0.00868. The van der Waals surface area contributed by atoms with E-state index in [2.05, 4.69) is 5.32 Å². The van der Waals surface area contributed by atoms with Crippen molar-refractivity contribution in [1.29, 1.82) is 0 Å². The number of ether oxygens (including phenoxy) is 1. The van der Waals surface area contributed by atoms with Crippen molar-refractivity contribution < 1.29 is 9.53 Å². The topological polar surface area (TPSA) is 38.3 Å². The predicted molar refractivity (Wildman–Crippen MR) is 62.8 cm³/mol. The molecule has 0 heterocycles. The first kappa shape index (κ1) is 14.4. The molecule has 1 saturated carbocycles. The summed E-state index contributed by atoms with van der Waals surface area (Å²) in [4.78, 5) is 10.7. The van der Waals surface area contributed by atoms with E-state index in [0.717, 1.165) is 12.5 Å². The van der Waals surface area contributed by atoms with Gasteiger partial charge in [-0.3, -0.25) is 4.79 Å². The van der Waals surface area contributed by atoms with Crippen molar-refractivity contribution in [1.82, 2.24) is 5.32 Å². The Balaban J connectivity index is 0.000000921. The molecule has 0 bridgehead atoms. The van der Waals surface area contributed by atoms with Crippen molar-refractivity contribution in [3.8, 4) is 0 Å². The fourth-order valence-electron chi connectivity index (χ4n) is 1.15. The van der Waals surface area contributed by atoms with Crippen molar-refractivity contribution in [2.45, 2.75) is 59.6 Å². The zero-order valence-electron chi connectivity index (χ0n) is 10.7. The Morgan fingerprint density at radius 3 is 2.33 bits per heavy atom. The summed E-state index contributed by atoms with van der Waals surface area (Å²) in [5.41, 5.74) is 0. The minimum atomic E-state index is 0.00868. The van der Waals surface area contributed by atoms with E-state index >= 15 is 0 Å². The Hall–Kier alpha value is -0.570. The molecule has 90 valence electrons. The summed E-state index contributed by atoms with van der Waals surface area (Å²) in [6.07, 6.45) is 2.73. The van der Waals surface area contributed by atoms with Gasteiger partial charge in [0.25, 0.3) is 0 Å². The summed E-state index contributed by atoms with van der Waals surface area (Å²) in [5.74, 6) is 0.793. The predicted octanol–water partition coefficient (Wildman–Crippen LogP) is 2.35. The van der Waals surface area contributed by atoms with Gasteiger partial charge in [-0.15, -0.1) is 0 Å². The fourth-order valence-corrected chi connectivity index (χ4v) is 1.15. The molecule has 15 heavy (non-hydrogen) atoms. The molecule has 1 aliphatic carbocycles. The maximum Gasteiger partial charge on any atom is 0.217 e. The third-order valence-corrected chi connectivity index (χ3v) is 2.43. The third kappa shape index (κ3) is 7.37. The molecule has 0 saturated heterocycles. The number of hydrogen-bond acceptors (Lipinski definition) is 2. The molecule has 0 aromatic rings. The van der Waals surface area contributed by atoms with Crippen LogP contribution in [0, 0.1) is 5.92 Å². The maximum atomic E-state index is 10.7. The van der Waals surface area contributed by atoms with Crippen molar-refractivity contribution in [2.24, 2.45) is 5.92 Å². The second-order valence-corrected chi connectivity index (χ2v) is 3.97. The molecule has 3 heteroatoms. The van der Waals surface area contributed by atoms with Gasteiger partial charge in [0.05, 0.1) is 12.1 Å². The second kappa shape index (κ2) is 7.69. The monoisotopic (exact) mass is 215 g/mol. The van der Waals surface area contributed by atoms with E-state index in [1.807, 2.05) is 27.7 Å². The van der Waals surface area contributed by atoms with E-state index in [1.54, 1.807) is 0 Å². The van der Waals surface area contributed by atoms with Gasteiger partial charge in [-0.2, -0.15) is 0 Å². The molecule has 0 aromatic heterocycles. The molecule has 0 radical (unpaired) electrons. The van der Waals surface area contributed by atoms with Crippen LogP contribution in [0.1, 0.15) is 47.5 Å². The largest absolute Gasteiger partial charge is 0.376 e. The van der Waals surface area contributed by atoms with Gasteiger partial charge in [0.2, 0.25) is 5.91 Å². The number of carbonyl (C=O) groups excluding carboxylic acids is 1. The van der Waals surface area contributed by atoms with Gasteiger partial charge in [-0.05, 0) is 32.6 Å². The Morgan fingerprint density at radius 1 is 1.40 bits per heavy atom. The lowest BCUT2D eigenvalue weighted by atomic mass is 10.2. The molecule has 2 unspecified atom stereocenters. The first-order valence-corrected chi connectivity index (χ1v) is 5.98. The molecule has 1 rings (SSSR count). The van der Waals surface area contributed by atoms with Gasteiger partial charge in [-0.1, -0.05) is 13.8 Å². The van der Waals surface area contributed by atoms with Gasteiger partial charge in [0.15, 0.2) is 0 Å². The van der Waals surface area contributed by atoms with Crippen molar-refractivity contribution in [3.05, 3.63) is 0 Å². The maximum absolute atomic E-state index is 10.7. The molecule has 2 atom stereocenters. The Labute approximate surface area is 93.6 Å². The summed E-state index contributed by atoms with van der Waals surface area (Å²) in [6.45, 7) is 10.4. The summed E-state index contributed by atoms with van der Waals surface area (Å²) < 4.78 is 5.61. The number of rotatable bonds is 5. The molecule has 1 aliphatic rings. The summed E-state index contributed by atoms with van der Waals surface area (Å²) >= 11 is 0. The summed E-state index contributed by atoms with van der Waals surface area (Å²) in [7, 11) is 0. The minimum Gasteiger partial charge on any atom is -0.376 e. The molecule has 1 fully saturated rings. The van der Waals surface area contributed by atoms with Crippen LogP contribution in [0.15, 0.2) is 0 Å². The van der Waals surface area contributed by atoms with Crippen molar-refractivity contribution in [3.63, 3.8) is 0 Å². The molecule has 0 spiro atoms. The molecule has 0 aliphatic heterocycles. The van der Waals surface area contributed by atoms with Crippen LogP contribution in [-0.2, 0) is 9.53 Å². The van der Waals surface area contributed by atoms with Crippen LogP contribution in [0.3, 0.4) is 0 Å². The molecule has 0 aromatic carbocycles. The smallest absolute Gasteiger partial charge is 0.217 e. The second-order valence-electron chi connectivity index (χ2n) is 3.97. The van der Waals surface area contributed by atoms with Crippen molar-refractivity contribution >= 4 is 5.91 Å². The zero-order chi connectivity index (χ0) is 11.8. The van der Waals surface area contributed by atoms with E-state index in [0.29, 0.717) is 0 Å². The van der Waals surface area contributed by atoms with E-state index in [1.165, 1.54) is 19.8 Å². The highest BCUT2D eigenvalue weighted by Gasteiger charge is 2.23. The van der Waals surface area contributed by atoms with Crippen LogP contribution in [0.25, 0.3) is 0 Å². The summed E-state index contributed by atoms with van der Waals surface area (Å²) in [5, 5.41) is 2.82. The molecule has 3 nitrogen and oxygen atoms in total. The molecular weight excluding hydrogens is 190 g/mol. The number of nitrogens with one attached hydrogen (secondary N) is 1. The van der Waals surface area contributed by atoms with E-state index in [4.69, 9.17) is 4.74 Å². The Morgan fingerprint density at radius 2 is 1.93 bits per heavy atom. The first-order valence-electron chi connectivity index (χ1n) is 5.98. The number of amides is 1. The Kier molecular flexibility index (Phi) is 7.39. The average Bonchev–Trinajstić information content (AvgIpc) is 2.99. The lowest BCUT2D eigenvalue weighted by Gasteiger charge is -2.20. The highest BCUT2D eigenvalue weighted by Crippen LogP contribution is 2.29. The van der Waals surface area contributed by atoms with E-state index in [-0.39, 0.29) is 18.1 Å². The quantitative estimate of drug-likeness (QED) is 0.764. The van der Waals surface area contributed by atoms with E-state index < -0.39 is 0 Å². The lowest BCUT2D eigenvalue weighted by molar-refractivity contribution is -0.120. The standard InChI is InChI=1S/C10H19NO2.C2H6/c1-7(11-9(3)12)8(2)13-6-10-4-5-10;1-2/h7-8,10H,4-6H2,1-3H3,(H,11,12);1-2H3. The number of hydrogen-bond donors (Lipinski definition) is 1. The van der Waals surface area contributed by atoms with Crippen LogP contribution in [-0.4, -0.2) is 24.7 Å². The fraction of sp³-hybridized carbons (Fsp3) is 0.917. The SMILES string of the molecule is CC.CC(=O)NC(C)C(C)OCC1CC1. The van der Waals surface area contributed by atoms with Gasteiger partial charge in [0, 0.05) is 13.5 Å². The van der Waals surface area contributed by atoms with Gasteiger partial charge >= 0.3 is 0 Å². The summed E-state index contributed by atoms with van der Waals surface area (Å²) in [6, 6.07) is 0.108. The van der Waals surface area contributed by atoms with Crippen LogP contribution >= 0.6 is 0 Å². The lowest BCUT2D eigenvalue weighted by Crippen LogP contribution is -2.40. The molecule has 1 N–H and O–H groups in total. The highest BCUT2D eigenvalue weighted by molar-refractivity contribution is 5.73. The molecular formula is C12H25NO2.